The van der Waals surface area contributed by atoms with Crippen LogP contribution in [0.15, 0.2) is 42.5 Å². The number of cyclic esters (lactones) is 1. The first-order valence-corrected chi connectivity index (χ1v) is 7.87. The molecule has 2 amide bonds. The second-order valence-corrected chi connectivity index (χ2v) is 6.20. The smallest absolute Gasteiger partial charge is 0.417 e. The van der Waals surface area contributed by atoms with E-state index in [1.54, 1.807) is 0 Å². The zero-order chi connectivity index (χ0) is 15.5. The minimum absolute atomic E-state index is 0.236. The topological polar surface area (TPSA) is 46.6 Å². The molecule has 1 saturated carbocycles. The van der Waals surface area contributed by atoms with Crippen LogP contribution in [0, 0.1) is 5.92 Å². The molecule has 0 bridgehead atoms. The number of amides is 2. The molecule has 0 spiro atoms. The Morgan fingerprint density at radius 3 is 2.64 bits per heavy atom. The van der Waals surface area contributed by atoms with Gasteiger partial charge in [-0.15, -0.1) is 0 Å². The fraction of sp³-hybridized carbons (Fsp3) is 0.444. The van der Waals surface area contributed by atoms with Crippen LogP contribution in [0.5, 0.6) is 0 Å². The number of hydrogen-bond acceptors (Lipinski definition) is 3. The number of imide groups is 1. The minimum atomic E-state index is -0.541. The number of benzene rings is 1. The van der Waals surface area contributed by atoms with Gasteiger partial charge in [0, 0.05) is 5.57 Å². The Morgan fingerprint density at radius 2 is 2.00 bits per heavy atom. The van der Waals surface area contributed by atoms with Crippen molar-refractivity contribution in [3.8, 4) is 0 Å². The van der Waals surface area contributed by atoms with Gasteiger partial charge in [0.2, 0.25) is 0 Å². The van der Waals surface area contributed by atoms with Crippen LogP contribution in [0.3, 0.4) is 0 Å². The summed E-state index contributed by atoms with van der Waals surface area (Å²) in [6.07, 6.45) is 4.32. The van der Waals surface area contributed by atoms with Crippen LogP contribution in [0.2, 0.25) is 0 Å². The first-order chi connectivity index (χ1) is 10.6. The molecule has 0 N–H and O–H groups in total. The molecule has 1 aromatic carbocycles. The number of rotatable bonds is 5. The van der Waals surface area contributed by atoms with Crippen molar-refractivity contribution in [3.63, 3.8) is 0 Å². The molecule has 1 aliphatic carbocycles. The van der Waals surface area contributed by atoms with Crippen molar-refractivity contribution in [1.82, 2.24) is 4.90 Å². The third kappa shape index (κ3) is 3.06. The highest BCUT2D eigenvalue weighted by Crippen LogP contribution is 2.32. The van der Waals surface area contributed by atoms with Crippen LogP contribution >= 0.6 is 0 Å². The predicted molar refractivity (Wildman–Crippen MR) is 83.2 cm³/mol. The molecule has 4 nitrogen and oxygen atoms in total. The van der Waals surface area contributed by atoms with E-state index in [1.807, 2.05) is 30.3 Å². The predicted octanol–water partition coefficient (Wildman–Crippen LogP) is 3.32. The molecular formula is C18H21NO3. The van der Waals surface area contributed by atoms with Crippen molar-refractivity contribution in [2.45, 2.75) is 38.1 Å². The highest BCUT2D eigenvalue weighted by Gasteiger charge is 2.39. The van der Waals surface area contributed by atoms with Crippen molar-refractivity contribution in [2.75, 3.05) is 6.61 Å². The molecule has 22 heavy (non-hydrogen) atoms. The van der Waals surface area contributed by atoms with E-state index in [2.05, 4.69) is 6.58 Å². The van der Waals surface area contributed by atoms with E-state index in [9.17, 15) is 9.59 Å². The van der Waals surface area contributed by atoms with Gasteiger partial charge in [-0.05, 0) is 24.3 Å². The first-order valence-electron chi connectivity index (χ1n) is 7.87. The number of nitrogens with zero attached hydrogens (tertiary/aromatic N) is 1. The van der Waals surface area contributed by atoms with Gasteiger partial charge in [0.25, 0.3) is 5.91 Å². The number of carbonyl (C=O) groups is 2. The van der Waals surface area contributed by atoms with Crippen LogP contribution < -0.4 is 0 Å². The minimum Gasteiger partial charge on any atom is -0.447 e. The van der Waals surface area contributed by atoms with Crippen molar-refractivity contribution >= 4 is 12.0 Å². The Labute approximate surface area is 130 Å². The Morgan fingerprint density at radius 1 is 1.27 bits per heavy atom. The van der Waals surface area contributed by atoms with E-state index < -0.39 is 6.09 Å². The quantitative estimate of drug-likeness (QED) is 0.784. The monoisotopic (exact) mass is 299 g/mol. The number of hydrogen-bond donors (Lipinski definition) is 0. The maximum atomic E-state index is 12.6. The van der Waals surface area contributed by atoms with Crippen LogP contribution in [0.25, 0.3) is 0 Å². The van der Waals surface area contributed by atoms with E-state index in [0.717, 1.165) is 18.4 Å². The Hall–Kier alpha value is -2.10. The summed E-state index contributed by atoms with van der Waals surface area (Å²) in [5, 5.41) is 0. The summed E-state index contributed by atoms with van der Waals surface area (Å²) in [5.74, 6) is 0.290. The fourth-order valence-corrected chi connectivity index (χ4v) is 3.05. The lowest BCUT2D eigenvalue weighted by atomic mass is 9.81. The number of carbonyl (C=O) groups excluding carboxylic acids is 2. The molecule has 3 rings (SSSR count). The lowest BCUT2D eigenvalue weighted by Crippen LogP contribution is -2.41. The van der Waals surface area contributed by atoms with Crippen molar-refractivity contribution < 1.29 is 14.3 Å². The van der Waals surface area contributed by atoms with Gasteiger partial charge in [-0.1, -0.05) is 56.2 Å². The maximum Gasteiger partial charge on any atom is 0.417 e. The van der Waals surface area contributed by atoms with E-state index in [4.69, 9.17) is 4.74 Å². The van der Waals surface area contributed by atoms with E-state index in [0.29, 0.717) is 24.3 Å². The SMILES string of the molecule is C=C(CC1CCC1)C(=O)N1C(=O)OC[C@@H]1Cc1ccccc1. The lowest BCUT2D eigenvalue weighted by molar-refractivity contribution is -0.125. The first kappa shape index (κ1) is 14.8. The molecule has 2 aliphatic rings. The summed E-state index contributed by atoms with van der Waals surface area (Å²) in [6, 6.07) is 9.61. The molecule has 1 atom stereocenters. The molecule has 0 aromatic heterocycles. The largest absolute Gasteiger partial charge is 0.447 e. The van der Waals surface area contributed by atoms with Crippen molar-refractivity contribution in [1.29, 1.82) is 0 Å². The molecule has 2 fully saturated rings. The van der Waals surface area contributed by atoms with Gasteiger partial charge in [-0.3, -0.25) is 4.79 Å². The van der Waals surface area contributed by atoms with Crippen molar-refractivity contribution in [2.24, 2.45) is 5.92 Å². The average Bonchev–Trinajstić information content (AvgIpc) is 2.84. The summed E-state index contributed by atoms with van der Waals surface area (Å²) < 4.78 is 5.09. The average molecular weight is 299 g/mol. The standard InChI is InChI=1S/C18H21NO3/c1-13(10-14-8-5-9-14)17(20)19-16(12-22-18(19)21)11-15-6-3-2-4-7-15/h2-4,6-7,14,16H,1,5,8-12H2/t16-/m0/s1. The molecule has 116 valence electrons. The molecule has 0 radical (unpaired) electrons. The summed E-state index contributed by atoms with van der Waals surface area (Å²) in [5.41, 5.74) is 1.62. The van der Waals surface area contributed by atoms with Crippen LogP contribution in [0.4, 0.5) is 4.79 Å². The Balaban J connectivity index is 1.67. The van der Waals surface area contributed by atoms with Crippen molar-refractivity contribution in [3.05, 3.63) is 48.0 Å². The number of ether oxygens (including phenoxy) is 1. The molecular weight excluding hydrogens is 278 g/mol. The van der Waals surface area contributed by atoms with Gasteiger partial charge in [-0.2, -0.15) is 0 Å². The van der Waals surface area contributed by atoms with Gasteiger partial charge in [0.15, 0.2) is 0 Å². The molecule has 4 heteroatoms. The summed E-state index contributed by atoms with van der Waals surface area (Å²) in [7, 11) is 0. The van der Waals surface area contributed by atoms with Gasteiger partial charge in [0.05, 0.1) is 6.04 Å². The van der Waals surface area contributed by atoms with Crippen LogP contribution in [0.1, 0.15) is 31.2 Å². The summed E-state index contributed by atoms with van der Waals surface area (Å²) in [6.45, 7) is 4.16. The van der Waals surface area contributed by atoms with Gasteiger partial charge in [-0.25, -0.2) is 9.69 Å². The van der Waals surface area contributed by atoms with Crippen LogP contribution in [-0.4, -0.2) is 29.5 Å². The Bertz CT molecular complexity index is 577. The molecule has 1 aliphatic heterocycles. The summed E-state index contributed by atoms with van der Waals surface area (Å²) in [4.78, 5) is 25.7. The normalized spacial score (nSPS) is 21.4. The van der Waals surface area contributed by atoms with Gasteiger partial charge >= 0.3 is 6.09 Å². The molecule has 1 aromatic rings. The van der Waals surface area contributed by atoms with E-state index in [1.165, 1.54) is 11.3 Å². The lowest BCUT2D eigenvalue weighted by Gasteiger charge is -2.27. The van der Waals surface area contributed by atoms with Crippen LogP contribution in [-0.2, 0) is 16.0 Å². The second-order valence-electron chi connectivity index (χ2n) is 6.20. The maximum absolute atomic E-state index is 12.6. The van der Waals surface area contributed by atoms with E-state index >= 15 is 0 Å². The third-order valence-electron chi connectivity index (χ3n) is 4.56. The molecule has 0 unspecified atom stereocenters. The van der Waals surface area contributed by atoms with E-state index in [-0.39, 0.29) is 18.6 Å². The second kappa shape index (κ2) is 6.34. The summed E-state index contributed by atoms with van der Waals surface area (Å²) >= 11 is 0. The molecule has 1 saturated heterocycles. The molecule has 1 heterocycles. The highest BCUT2D eigenvalue weighted by molar-refractivity contribution is 6.03. The van der Waals surface area contributed by atoms with Gasteiger partial charge in [0.1, 0.15) is 6.61 Å². The van der Waals surface area contributed by atoms with Gasteiger partial charge < -0.3 is 4.74 Å². The Kier molecular flexibility index (Phi) is 4.27. The highest BCUT2D eigenvalue weighted by atomic mass is 16.6. The fourth-order valence-electron chi connectivity index (χ4n) is 3.05. The zero-order valence-corrected chi connectivity index (χ0v) is 12.7. The zero-order valence-electron chi connectivity index (χ0n) is 12.7. The third-order valence-corrected chi connectivity index (χ3v) is 4.56.